The van der Waals surface area contributed by atoms with E-state index in [9.17, 15) is 4.79 Å². The van der Waals surface area contributed by atoms with Crippen molar-refractivity contribution in [3.63, 3.8) is 0 Å². The minimum Gasteiger partial charge on any atom is -0.447 e. The Balaban J connectivity index is 1.05. The number of piperazine rings is 2. The number of hydrogen-bond donors (Lipinski definition) is 1. The van der Waals surface area contributed by atoms with Crippen molar-refractivity contribution >= 4 is 29.2 Å². The van der Waals surface area contributed by atoms with Gasteiger partial charge in [0.2, 0.25) is 5.95 Å². The molecule has 1 aromatic carbocycles. The minimum absolute atomic E-state index is 0.107. The van der Waals surface area contributed by atoms with E-state index in [1.165, 1.54) is 0 Å². The van der Waals surface area contributed by atoms with Crippen LogP contribution in [-0.2, 0) is 9.47 Å². The third kappa shape index (κ3) is 6.14. The molecule has 4 atom stereocenters. The molecule has 0 spiro atoms. The van der Waals surface area contributed by atoms with E-state index in [0.717, 1.165) is 49.1 Å². The highest BCUT2D eigenvalue weighted by Crippen LogP contribution is 2.33. The van der Waals surface area contributed by atoms with E-state index < -0.39 is 0 Å². The Kier molecular flexibility index (Phi) is 7.91. The van der Waals surface area contributed by atoms with E-state index in [-0.39, 0.29) is 18.4 Å². The van der Waals surface area contributed by atoms with Gasteiger partial charge >= 0.3 is 6.09 Å². The van der Waals surface area contributed by atoms with Crippen LogP contribution >= 0.6 is 0 Å². The van der Waals surface area contributed by atoms with Crippen LogP contribution in [0.15, 0.2) is 48.9 Å². The highest BCUT2D eigenvalue weighted by Gasteiger charge is 2.46. The summed E-state index contributed by atoms with van der Waals surface area (Å²) in [6.07, 6.45) is 3.77. The maximum Gasteiger partial charge on any atom is 0.410 e. The first-order chi connectivity index (χ1) is 20.2. The normalized spacial score (nSPS) is 24.7. The molecule has 0 radical (unpaired) electrons. The second kappa shape index (κ2) is 11.8. The minimum atomic E-state index is -0.236. The highest BCUT2D eigenvalue weighted by molar-refractivity contribution is 5.68. The maximum absolute atomic E-state index is 12.2. The van der Waals surface area contributed by atoms with Crippen molar-refractivity contribution in [2.75, 3.05) is 54.4 Å². The van der Waals surface area contributed by atoms with Gasteiger partial charge in [-0.05, 0) is 65.0 Å². The van der Waals surface area contributed by atoms with Crippen LogP contribution in [0.4, 0.5) is 27.9 Å². The van der Waals surface area contributed by atoms with Gasteiger partial charge in [0, 0.05) is 75.0 Å². The zero-order chi connectivity index (χ0) is 29.4. The van der Waals surface area contributed by atoms with Crippen molar-refractivity contribution in [3.8, 4) is 5.69 Å². The van der Waals surface area contributed by atoms with Crippen LogP contribution in [0.5, 0.6) is 0 Å². The van der Waals surface area contributed by atoms with E-state index in [2.05, 4.69) is 74.1 Å². The topological polar surface area (TPSA) is 107 Å². The first kappa shape index (κ1) is 28.2. The number of carbonyl (C=O) groups is 1. The average molecular weight is 576 g/mol. The van der Waals surface area contributed by atoms with Gasteiger partial charge in [-0.15, -0.1) is 5.10 Å². The number of aromatic nitrogens is 4. The van der Waals surface area contributed by atoms with Gasteiger partial charge in [0.15, 0.2) is 0 Å². The first-order valence-electron chi connectivity index (χ1n) is 14.9. The smallest absolute Gasteiger partial charge is 0.410 e. The Morgan fingerprint density at radius 1 is 0.952 bits per heavy atom. The van der Waals surface area contributed by atoms with E-state index >= 15 is 0 Å². The standard InChI is InChI=1S/C30H41N9O3/c1-20(2)41-30(40)36-14-12-35(13-15-36)25-8-6-24(7-9-25)33-29-32-19-38(34-29)26-10-11-31-27(16-26)37-17-21(3)39(22(4)18-37)28-23(5)42-28/h6-11,16,19-23,28H,12-15,17-18H2,1-5H3,(H,33,34)/t21-,22+,23?,28?. The van der Waals surface area contributed by atoms with Gasteiger partial charge in [-0.2, -0.15) is 4.98 Å². The fourth-order valence-electron chi connectivity index (χ4n) is 5.99. The molecule has 12 nitrogen and oxygen atoms in total. The predicted octanol–water partition coefficient (Wildman–Crippen LogP) is 3.72. The van der Waals surface area contributed by atoms with Crippen LogP contribution in [0.2, 0.25) is 0 Å². The highest BCUT2D eigenvalue weighted by atomic mass is 16.6. The summed E-state index contributed by atoms with van der Waals surface area (Å²) in [4.78, 5) is 30.2. The lowest BCUT2D eigenvalue weighted by Crippen LogP contribution is -2.58. The summed E-state index contributed by atoms with van der Waals surface area (Å²) < 4.78 is 12.9. The lowest BCUT2D eigenvalue weighted by molar-refractivity contribution is 0.0734. The second-order valence-electron chi connectivity index (χ2n) is 11.7. The molecule has 1 N–H and O–H groups in total. The molecule has 3 aromatic rings. The average Bonchev–Trinajstić information content (AvgIpc) is 3.49. The third-order valence-corrected chi connectivity index (χ3v) is 8.13. The van der Waals surface area contributed by atoms with Crippen molar-refractivity contribution < 1.29 is 14.3 Å². The van der Waals surface area contributed by atoms with Crippen molar-refractivity contribution in [1.29, 1.82) is 0 Å². The number of anilines is 4. The van der Waals surface area contributed by atoms with Crippen LogP contribution in [0.1, 0.15) is 34.6 Å². The Labute approximate surface area is 247 Å². The monoisotopic (exact) mass is 575 g/mol. The molecule has 3 fully saturated rings. The molecule has 3 saturated heterocycles. The van der Waals surface area contributed by atoms with Crippen LogP contribution in [-0.4, -0.2) is 105 Å². The van der Waals surface area contributed by atoms with Gasteiger partial charge in [-0.1, -0.05) is 0 Å². The van der Waals surface area contributed by atoms with E-state index in [1.54, 1.807) is 15.9 Å². The largest absolute Gasteiger partial charge is 0.447 e. The number of benzene rings is 1. The number of rotatable bonds is 7. The van der Waals surface area contributed by atoms with Crippen LogP contribution < -0.4 is 15.1 Å². The number of nitrogens with zero attached hydrogens (tertiary/aromatic N) is 8. The number of hydrogen-bond acceptors (Lipinski definition) is 10. The molecular formula is C30H41N9O3. The quantitative estimate of drug-likeness (QED) is 0.419. The fourth-order valence-corrected chi connectivity index (χ4v) is 5.99. The third-order valence-electron chi connectivity index (χ3n) is 8.13. The summed E-state index contributed by atoms with van der Waals surface area (Å²) in [7, 11) is 0. The molecule has 2 aromatic heterocycles. The van der Waals surface area contributed by atoms with E-state index in [0.29, 0.717) is 37.2 Å². The maximum atomic E-state index is 12.2. The zero-order valence-corrected chi connectivity index (χ0v) is 25.1. The first-order valence-corrected chi connectivity index (χ1v) is 14.9. The van der Waals surface area contributed by atoms with Gasteiger partial charge in [0.05, 0.1) is 17.9 Å². The Morgan fingerprint density at radius 3 is 2.29 bits per heavy atom. The van der Waals surface area contributed by atoms with Crippen molar-refractivity contribution in [1.82, 2.24) is 29.5 Å². The van der Waals surface area contributed by atoms with Gasteiger partial charge in [-0.25, -0.2) is 14.5 Å². The molecule has 12 heteroatoms. The van der Waals surface area contributed by atoms with Gasteiger partial charge in [-0.3, -0.25) is 4.90 Å². The molecule has 224 valence electrons. The molecule has 0 bridgehead atoms. The molecule has 0 saturated carbocycles. The number of carbonyl (C=O) groups excluding carboxylic acids is 1. The number of amides is 1. The summed E-state index contributed by atoms with van der Waals surface area (Å²) in [5, 5.41) is 7.97. The lowest BCUT2D eigenvalue weighted by atomic mass is 10.1. The zero-order valence-electron chi connectivity index (χ0n) is 25.1. The summed E-state index contributed by atoms with van der Waals surface area (Å²) in [6.45, 7) is 15.0. The van der Waals surface area contributed by atoms with Crippen molar-refractivity contribution in [2.24, 2.45) is 0 Å². The van der Waals surface area contributed by atoms with Crippen LogP contribution in [0.3, 0.4) is 0 Å². The van der Waals surface area contributed by atoms with Crippen molar-refractivity contribution in [3.05, 3.63) is 48.9 Å². The number of ether oxygens (including phenoxy) is 2. The van der Waals surface area contributed by atoms with Gasteiger partial charge in [0.25, 0.3) is 0 Å². The molecule has 1 amide bonds. The summed E-state index contributed by atoms with van der Waals surface area (Å²) in [6, 6.07) is 13.0. The molecule has 0 aliphatic carbocycles. The summed E-state index contributed by atoms with van der Waals surface area (Å²) >= 11 is 0. The van der Waals surface area contributed by atoms with E-state index in [4.69, 9.17) is 9.47 Å². The SMILES string of the molecule is CC(C)OC(=O)N1CCN(c2ccc(Nc3ncn(-c4ccnc(N5C[C@@H](C)N(C6OC6C)[C@@H](C)C5)c4)n3)cc2)CC1. The van der Waals surface area contributed by atoms with Crippen molar-refractivity contribution in [2.45, 2.75) is 65.1 Å². The van der Waals surface area contributed by atoms with Gasteiger partial charge in [0.1, 0.15) is 18.4 Å². The molecule has 2 unspecified atom stereocenters. The lowest BCUT2D eigenvalue weighted by Gasteiger charge is -2.44. The van der Waals surface area contributed by atoms with E-state index in [1.807, 2.05) is 38.2 Å². The molecule has 6 rings (SSSR count). The molecule has 5 heterocycles. The molecule has 42 heavy (non-hydrogen) atoms. The molecule has 3 aliphatic rings. The molecular weight excluding hydrogens is 534 g/mol. The van der Waals surface area contributed by atoms with Gasteiger partial charge < -0.3 is 29.5 Å². The Morgan fingerprint density at radius 2 is 1.64 bits per heavy atom. The predicted molar refractivity (Wildman–Crippen MR) is 162 cm³/mol. The number of epoxide rings is 1. The number of pyridine rings is 1. The van der Waals surface area contributed by atoms with Crippen LogP contribution in [0, 0.1) is 0 Å². The summed E-state index contributed by atoms with van der Waals surface area (Å²) in [5.74, 6) is 1.46. The molecule has 3 aliphatic heterocycles. The number of nitrogens with one attached hydrogen (secondary N) is 1. The second-order valence-corrected chi connectivity index (χ2v) is 11.7. The summed E-state index contributed by atoms with van der Waals surface area (Å²) in [5.41, 5.74) is 2.93. The Bertz CT molecular complexity index is 1360. The van der Waals surface area contributed by atoms with Crippen LogP contribution in [0.25, 0.3) is 5.69 Å². The fraction of sp³-hybridized carbons (Fsp3) is 0.533. The Hall–Kier alpha value is -3.90.